The van der Waals surface area contributed by atoms with E-state index in [0.29, 0.717) is 22.3 Å². The van der Waals surface area contributed by atoms with E-state index in [1.54, 1.807) is 24.3 Å². The van der Waals surface area contributed by atoms with Crippen molar-refractivity contribution in [3.8, 4) is 0 Å². The minimum Gasteiger partial charge on any atom is -0.393 e. The number of hydrogen-bond donors (Lipinski definition) is 4. The van der Waals surface area contributed by atoms with Gasteiger partial charge >= 0.3 is 12.4 Å². The summed E-state index contributed by atoms with van der Waals surface area (Å²) in [5, 5.41) is 16.2. The van der Waals surface area contributed by atoms with E-state index in [4.69, 9.17) is 5.73 Å². The van der Waals surface area contributed by atoms with E-state index >= 15 is 0 Å². The molecule has 2 saturated heterocycles. The highest BCUT2D eigenvalue weighted by atomic mass is 19.4. The molecular formula is C33H33F6N4O3+. The molecule has 0 spiro atoms. The molecule has 2 heterocycles. The van der Waals surface area contributed by atoms with E-state index in [1.807, 2.05) is 0 Å². The Bertz CT molecular complexity index is 1660. The molecule has 1 aliphatic carbocycles. The predicted octanol–water partition coefficient (Wildman–Crippen LogP) is 6.34. The van der Waals surface area contributed by atoms with Crippen LogP contribution in [-0.2, 0) is 5.60 Å². The fourth-order valence-corrected chi connectivity index (χ4v) is 7.39. The highest BCUT2D eigenvalue weighted by Crippen LogP contribution is 2.51. The molecule has 46 heavy (non-hydrogen) atoms. The van der Waals surface area contributed by atoms with Gasteiger partial charge in [-0.2, -0.15) is 26.3 Å². The molecule has 0 radical (unpaired) electrons. The topological polar surface area (TPSA) is 104 Å². The minimum absolute atomic E-state index is 0.0171. The Hall–Kier alpha value is -3.94. The van der Waals surface area contributed by atoms with E-state index in [9.17, 15) is 41.0 Å². The SMILES string of the molecule is Nc1c([N+]2(C3CCNCC3)CCCCC2)cc(Nc2ccc(C(O)(C(F)(F)F)C(F)(F)F)cc2)c2c1C(=O)c1ccccc1C2=O. The summed E-state index contributed by atoms with van der Waals surface area (Å²) in [4.78, 5) is 28.0. The Morgan fingerprint density at radius 3 is 1.89 bits per heavy atom. The molecule has 5 N–H and O–H groups in total. The summed E-state index contributed by atoms with van der Waals surface area (Å²) in [7, 11) is 0. The van der Waals surface area contributed by atoms with Crippen LogP contribution in [0.2, 0.25) is 0 Å². The van der Waals surface area contributed by atoms with Crippen LogP contribution >= 0.6 is 0 Å². The molecule has 2 fully saturated rings. The Kier molecular flexibility index (Phi) is 7.93. The summed E-state index contributed by atoms with van der Waals surface area (Å²) in [5.74, 6) is -0.929. The second-order valence-corrected chi connectivity index (χ2v) is 12.2. The molecule has 6 rings (SSSR count). The van der Waals surface area contributed by atoms with Crippen LogP contribution in [0.25, 0.3) is 0 Å². The molecule has 244 valence electrons. The molecule has 3 aliphatic rings. The van der Waals surface area contributed by atoms with Crippen LogP contribution < -0.4 is 20.9 Å². The molecule has 3 aromatic carbocycles. The second kappa shape index (κ2) is 11.4. The van der Waals surface area contributed by atoms with Gasteiger partial charge in [-0.1, -0.05) is 36.4 Å². The molecular weight excluding hydrogens is 614 g/mol. The van der Waals surface area contributed by atoms with Gasteiger partial charge in [0.1, 0.15) is 5.69 Å². The standard InChI is InChI=1S/C33H32F6N4O3/c34-32(35,36)31(46,33(37,38)39)19-8-10-20(11-9-19)42-24-18-25(43(16-4-1-5-17-43)21-12-14-41-15-13-21)28(40)27-26(24)29(44)22-6-2-3-7-23(22)30(27)45/h2-3,6-11,18,21,41,46H,1,4-5,12-17H2,(H2-,40,42,44,45)/p+1. The lowest BCUT2D eigenvalue weighted by Crippen LogP contribution is -2.62. The fraction of sp³-hybridized carbons (Fsp3) is 0.394. The maximum atomic E-state index is 14.0. The van der Waals surface area contributed by atoms with Gasteiger partial charge < -0.3 is 21.5 Å². The Morgan fingerprint density at radius 1 is 0.804 bits per heavy atom. The Balaban J connectivity index is 1.51. The van der Waals surface area contributed by atoms with Gasteiger partial charge in [-0.25, -0.2) is 0 Å². The van der Waals surface area contributed by atoms with Crippen molar-refractivity contribution in [1.29, 1.82) is 0 Å². The number of benzene rings is 3. The molecule has 13 heteroatoms. The Morgan fingerprint density at radius 2 is 1.35 bits per heavy atom. The number of halogens is 6. The van der Waals surface area contributed by atoms with Crippen LogP contribution in [0.15, 0.2) is 54.6 Å². The van der Waals surface area contributed by atoms with E-state index < -0.39 is 35.1 Å². The van der Waals surface area contributed by atoms with Gasteiger partial charge in [0, 0.05) is 54.4 Å². The van der Waals surface area contributed by atoms with Crippen LogP contribution in [0.1, 0.15) is 69.5 Å². The maximum Gasteiger partial charge on any atom is 0.430 e. The Labute approximate surface area is 261 Å². The first-order chi connectivity index (χ1) is 21.7. The third kappa shape index (κ3) is 4.96. The normalized spacial score (nSPS) is 19.0. The van der Waals surface area contributed by atoms with Crippen LogP contribution in [-0.4, -0.2) is 61.2 Å². The van der Waals surface area contributed by atoms with E-state index in [-0.39, 0.29) is 45.4 Å². The van der Waals surface area contributed by atoms with Crippen molar-refractivity contribution in [2.24, 2.45) is 0 Å². The fourth-order valence-electron chi connectivity index (χ4n) is 7.39. The third-order valence-electron chi connectivity index (χ3n) is 9.72. The van der Waals surface area contributed by atoms with Crippen molar-refractivity contribution >= 4 is 34.3 Å². The van der Waals surface area contributed by atoms with Gasteiger partial charge in [-0.3, -0.25) is 14.1 Å². The molecule has 7 nitrogen and oxygen atoms in total. The van der Waals surface area contributed by atoms with E-state index in [1.165, 1.54) is 6.07 Å². The zero-order valence-electron chi connectivity index (χ0n) is 24.7. The summed E-state index contributed by atoms with van der Waals surface area (Å²) >= 11 is 0. The largest absolute Gasteiger partial charge is 0.430 e. The highest BCUT2D eigenvalue weighted by Gasteiger charge is 2.71. The average molecular weight is 648 g/mol. The van der Waals surface area contributed by atoms with Gasteiger partial charge in [-0.15, -0.1) is 0 Å². The molecule has 0 atom stereocenters. The number of carbonyl (C=O) groups excluding carboxylic acids is 2. The lowest BCUT2D eigenvalue weighted by Gasteiger charge is -2.49. The average Bonchev–Trinajstić information content (AvgIpc) is 3.04. The van der Waals surface area contributed by atoms with Crippen molar-refractivity contribution in [1.82, 2.24) is 9.80 Å². The van der Waals surface area contributed by atoms with Crippen molar-refractivity contribution in [3.05, 3.63) is 82.4 Å². The first-order valence-electron chi connectivity index (χ1n) is 15.2. The van der Waals surface area contributed by atoms with Gasteiger partial charge in [0.05, 0.1) is 35.9 Å². The number of piperidine rings is 2. The number of quaternary nitrogens is 1. The summed E-state index contributed by atoms with van der Waals surface area (Å²) in [6.45, 7) is 3.13. The van der Waals surface area contributed by atoms with Crippen LogP contribution in [0.3, 0.4) is 0 Å². The predicted molar refractivity (Wildman–Crippen MR) is 161 cm³/mol. The number of rotatable bonds is 5. The van der Waals surface area contributed by atoms with Crippen molar-refractivity contribution in [3.63, 3.8) is 0 Å². The maximum absolute atomic E-state index is 14.0. The number of aliphatic hydroxyl groups is 1. The first-order valence-corrected chi connectivity index (χ1v) is 15.2. The van der Waals surface area contributed by atoms with Gasteiger partial charge in [0.2, 0.25) is 0 Å². The van der Waals surface area contributed by atoms with Gasteiger partial charge in [-0.05, 0) is 31.4 Å². The molecule has 3 aromatic rings. The van der Waals surface area contributed by atoms with Crippen molar-refractivity contribution in [2.45, 2.75) is 56.1 Å². The van der Waals surface area contributed by atoms with Crippen molar-refractivity contribution in [2.75, 3.05) is 37.2 Å². The lowest BCUT2D eigenvalue weighted by molar-refractivity contribution is -0.376. The highest BCUT2D eigenvalue weighted by molar-refractivity contribution is 6.32. The number of ketones is 2. The van der Waals surface area contributed by atoms with Crippen LogP contribution in [0.5, 0.6) is 0 Å². The number of carbonyl (C=O) groups is 2. The number of nitrogens with two attached hydrogens (primary N) is 1. The second-order valence-electron chi connectivity index (χ2n) is 12.2. The summed E-state index contributed by atoms with van der Waals surface area (Å²) in [6, 6.07) is 11.2. The molecule has 0 unspecified atom stereocenters. The van der Waals surface area contributed by atoms with Crippen LogP contribution in [0.4, 0.5) is 49.1 Å². The number of nitrogens with zero attached hydrogens (tertiary/aromatic N) is 1. The third-order valence-corrected chi connectivity index (χ3v) is 9.72. The van der Waals surface area contributed by atoms with E-state index in [0.717, 1.165) is 70.4 Å². The number of fused-ring (bicyclic) bond motifs is 2. The number of nitrogens with one attached hydrogen (secondary N) is 2. The monoisotopic (exact) mass is 647 g/mol. The summed E-state index contributed by atoms with van der Waals surface area (Å²) < 4.78 is 81.5. The van der Waals surface area contributed by atoms with Gasteiger partial charge in [0.25, 0.3) is 5.60 Å². The molecule has 0 aromatic heterocycles. The molecule has 0 amide bonds. The number of alkyl halides is 6. The first kappa shape index (κ1) is 32.0. The molecule has 0 bridgehead atoms. The van der Waals surface area contributed by atoms with Crippen molar-refractivity contribution < 1.29 is 41.0 Å². The zero-order valence-corrected chi connectivity index (χ0v) is 24.7. The van der Waals surface area contributed by atoms with Gasteiger partial charge in [0.15, 0.2) is 17.3 Å². The number of hydrogen-bond acceptors (Lipinski definition) is 6. The zero-order chi connectivity index (χ0) is 33.1. The summed E-state index contributed by atoms with van der Waals surface area (Å²) in [6.07, 6.45) is -7.49. The van der Waals surface area contributed by atoms with E-state index in [2.05, 4.69) is 10.6 Å². The molecule has 2 aliphatic heterocycles. The quantitative estimate of drug-likeness (QED) is 0.115. The number of anilines is 3. The smallest absolute Gasteiger partial charge is 0.393 e. The minimum atomic E-state index is -6.04. The summed E-state index contributed by atoms with van der Waals surface area (Å²) in [5.41, 5.74) is 1.81. The number of likely N-dealkylation sites (tertiary alicyclic amines) is 1. The lowest BCUT2D eigenvalue weighted by atomic mass is 9.81. The van der Waals surface area contributed by atoms with Crippen LogP contribution in [0, 0.1) is 0 Å². The number of nitrogen functional groups attached to an aromatic ring is 1. The molecule has 0 saturated carbocycles.